The van der Waals surface area contributed by atoms with Crippen molar-refractivity contribution in [2.24, 2.45) is 0 Å². The van der Waals surface area contributed by atoms with Gasteiger partial charge in [0.1, 0.15) is 17.5 Å². The van der Waals surface area contributed by atoms with Gasteiger partial charge in [0.05, 0.1) is 13.7 Å². The topological polar surface area (TPSA) is 93.7 Å². The monoisotopic (exact) mass is 320 g/mol. The van der Waals surface area contributed by atoms with Gasteiger partial charge >= 0.3 is 0 Å². The Labute approximate surface area is 134 Å². The van der Waals surface area contributed by atoms with Crippen LogP contribution in [-0.2, 0) is 14.4 Å². The minimum Gasteiger partial charge on any atom is -0.497 e. The first-order valence-corrected chi connectivity index (χ1v) is 7.48. The molecule has 0 bridgehead atoms. The predicted octanol–water partition coefficient (Wildman–Crippen LogP) is 0.776. The van der Waals surface area contributed by atoms with Crippen LogP contribution in [0, 0.1) is 0 Å². The van der Waals surface area contributed by atoms with Crippen LogP contribution in [0.2, 0.25) is 0 Å². The number of imide groups is 1. The number of nitrogens with one attached hydrogen (secondary N) is 2. The van der Waals surface area contributed by atoms with Crippen molar-refractivity contribution >= 4 is 17.7 Å². The van der Waals surface area contributed by atoms with Crippen molar-refractivity contribution in [2.75, 3.05) is 13.7 Å². The first kappa shape index (κ1) is 16.8. The summed E-state index contributed by atoms with van der Waals surface area (Å²) in [7, 11) is 1.59. The van der Waals surface area contributed by atoms with E-state index in [9.17, 15) is 14.4 Å². The van der Waals surface area contributed by atoms with E-state index >= 15 is 0 Å². The van der Waals surface area contributed by atoms with Gasteiger partial charge < -0.3 is 14.8 Å². The van der Waals surface area contributed by atoms with Crippen LogP contribution >= 0.6 is 0 Å². The third-order valence-corrected chi connectivity index (χ3v) is 3.45. The summed E-state index contributed by atoms with van der Waals surface area (Å²) in [5.41, 5.74) is 0. The number of rotatable bonds is 7. The maximum atomic E-state index is 11.8. The smallest absolute Gasteiger partial charge is 0.249 e. The Morgan fingerprint density at radius 3 is 2.61 bits per heavy atom. The zero-order valence-corrected chi connectivity index (χ0v) is 13.0. The molecule has 7 nitrogen and oxygen atoms in total. The lowest BCUT2D eigenvalue weighted by molar-refractivity contribution is -0.137. The maximum absolute atomic E-state index is 11.8. The van der Waals surface area contributed by atoms with Gasteiger partial charge in [0.25, 0.3) is 0 Å². The molecule has 0 aromatic heterocycles. The molecule has 2 N–H and O–H groups in total. The molecule has 1 atom stereocenters. The Morgan fingerprint density at radius 2 is 1.96 bits per heavy atom. The number of hydrogen-bond acceptors (Lipinski definition) is 5. The molecule has 1 aliphatic heterocycles. The third-order valence-electron chi connectivity index (χ3n) is 3.45. The number of carbonyl (C=O) groups excluding carboxylic acids is 3. The van der Waals surface area contributed by atoms with Gasteiger partial charge in [-0.25, -0.2) is 0 Å². The van der Waals surface area contributed by atoms with Crippen LogP contribution in [0.1, 0.15) is 25.7 Å². The molecule has 0 radical (unpaired) electrons. The fourth-order valence-electron chi connectivity index (χ4n) is 2.19. The number of carbonyl (C=O) groups is 3. The SMILES string of the molecule is COc1ccc(OCCCC(=O)NC2CCC(=O)NC2=O)cc1. The highest BCUT2D eigenvalue weighted by Crippen LogP contribution is 2.17. The van der Waals surface area contributed by atoms with Crippen molar-refractivity contribution < 1.29 is 23.9 Å². The van der Waals surface area contributed by atoms with Gasteiger partial charge in [-0.2, -0.15) is 0 Å². The molecule has 0 saturated carbocycles. The van der Waals surface area contributed by atoms with Crippen molar-refractivity contribution in [2.45, 2.75) is 31.7 Å². The lowest BCUT2D eigenvalue weighted by Gasteiger charge is -2.21. The van der Waals surface area contributed by atoms with Crippen LogP contribution in [0.4, 0.5) is 0 Å². The number of ether oxygens (including phenoxy) is 2. The number of amides is 3. The minimum absolute atomic E-state index is 0.224. The molecule has 1 saturated heterocycles. The lowest BCUT2D eigenvalue weighted by atomic mass is 10.1. The molecule has 23 heavy (non-hydrogen) atoms. The van der Waals surface area contributed by atoms with Gasteiger partial charge in [0.2, 0.25) is 17.7 Å². The van der Waals surface area contributed by atoms with E-state index in [2.05, 4.69) is 10.6 Å². The lowest BCUT2D eigenvalue weighted by Crippen LogP contribution is -2.52. The van der Waals surface area contributed by atoms with Crippen LogP contribution in [0.5, 0.6) is 11.5 Å². The third kappa shape index (κ3) is 5.28. The molecule has 2 rings (SSSR count). The summed E-state index contributed by atoms with van der Waals surface area (Å²) < 4.78 is 10.6. The number of hydrogen-bond donors (Lipinski definition) is 2. The molecule has 0 spiro atoms. The van der Waals surface area contributed by atoms with E-state index in [1.165, 1.54) is 0 Å². The molecule has 1 unspecified atom stereocenters. The van der Waals surface area contributed by atoms with E-state index in [0.717, 1.165) is 5.75 Å². The second-order valence-corrected chi connectivity index (χ2v) is 5.20. The van der Waals surface area contributed by atoms with E-state index < -0.39 is 11.9 Å². The van der Waals surface area contributed by atoms with E-state index in [-0.39, 0.29) is 24.7 Å². The highest BCUT2D eigenvalue weighted by Gasteiger charge is 2.27. The van der Waals surface area contributed by atoms with Crippen molar-refractivity contribution in [3.63, 3.8) is 0 Å². The van der Waals surface area contributed by atoms with Gasteiger partial charge in [0.15, 0.2) is 0 Å². The van der Waals surface area contributed by atoms with Gasteiger partial charge in [-0.05, 0) is 37.1 Å². The molecular formula is C16H20N2O5. The predicted molar refractivity (Wildman–Crippen MR) is 82.0 cm³/mol. The fourth-order valence-corrected chi connectivity index (χ4v) is 2.19. The normalized spacial score (nSPS) is 17.3. The second kappa shape index (κ2) is 8.17. The van der Waals surface area contributed by atoms with Crippen molar-refractivity contribution in [1.82, 2.24) is 10.6 Å². The van der Waals surface area contributed by atoms with Gasteiger partial charge in [0, 0.05) is 12.8 Å². The fraction of sp³-hybridized carbons (Fsp3) is 0.438. The van der Waals surface area contributed by atoms with E-state index in [1.54, 1.807) is 31.4 Å². The molecule has 1 heterocycles. The highest BCUT2D eigenvalue weighted by atomic mass is 16.5. The quantitative estimate of drug-likeness (QED) is 0.572. The zero-order chi connectivity index (χ0) is 16.7. The van der Waals surface area contributed by atoms with Gasteiger partial charge in [-0.3, -0.25) is 19.7 Å². The van der Waals surface area contributed by atoms with Crippen LogP contribution in [-0.4, -0.2) is 37.5 Å². The molecule has 1 aromatic carbocycles. The molecule has 124 valence electrons. The Balaban J connectivity index is 1.64. The molecule has 1 fully saturated rings. The van der Waals surface area contributed by atoms with E-state index in [1.807, 2.05) is 0 Å². The first-order chi connectivity index (χ1) is 11.1. The second-order valence-electron chi connectivity index (χ2n) is 5.20. The largest absolute Gasteiger partial charge is 0.497 e. The standard InChI is InChI=1S/C16H20N2O5/c1-22-11-4-6-12(7-5-11)23-10-2-3-14(19)17-13-8-9-15(20)18-16(13)21/h4-7,13H,2-3,8-10H2,1H3,(H,17,19)(H,18,20,21). The summed E-state index contributed by atoms with van der Waals surface area (Å²) in [4.78, 5) is 34.3. The molecular weight excluding hydrogens is 300 g/mol. The molecule has 1 aliphatic rings. The van der Waals surface area contributed by atoms with Crippen LogP contribution in [0.25, 0.3) is 0 Å². The van der Waals surface area contributed by atoms with Crippen LogP contribution < -0.4 is 20.1 Å². The zero-order valence-electron chi connectivity index (χ0n) is 13.0. The Hall–Kier alpha value is -2.57. The molecule has 1 aromatic rings. The average Bonchev–Trinajstić information content (AvgIpc) is 2.55. The average molecular weight is 320 g/mol. The summed E-state index contributed by atoms with van der Waals surface area (Å²) in [6.45, 7) is 0.398. The van der Waals surface area contributed by atoms with Crippen molar-refractivity contribution in [3.8, 4) is 11.5 Å². The summed E-state index contributed by atoms with van der Waals surface area (Å²) in [5, 5.41) is 4.83. The highest BCUT2D eigenvalue weighted by molar-refractivity contribution is 6.01. The van der Waals surface area contributed by atoms with Crippen LogP contribution in [0.15, 0.2) is 24.3 Å². The summed E-state index contributed by atoms with van der Waals surface area (Å²) >= 11 is 0. The summed E-state index contributed by atoms with van der Waals surface area (Å²) in [6.07, 6.45) is 1.38. The van der Waals surface area contributed by atoms with Crippen molar-refractivity contribution in [3.05, 3.63) is 24.3 Å². The molecule has 3 amide bonds. The Bertz CT molecular complexity index is 570. The molecule has 0 aliphatic carbocycles. The Morgan fingerprint density at radius 1 is 1.26 bits per heavy atom. The summed E-state index contributed by atoms with van der Waals surface area (Å²) in [6, 6.07) is 6.56. The first-order valence-electron chi connectivity index (χ1n) is 7.48. The number of methoxy groups -OCH3 is 1. The van der Waals surface area contributed by atoms with Gasteiger partial charge in [-0.15, -0.1) is 0 Å². The van der Waals surface area contributed by atoms with Crippen molar-refractivity contribution in [1.29, 1.82) is 0 Å². The van der Waals surface area contributed by atoms with E-state index in [0.29, 0.717) is 25.2 Å². The maximum Gasteiger partial charge on any atom is 0.249 e. The van der Waals surface area contributed by atoms with E-state index in [4.69, 9.17) is 9.47 Å². The number of piperidine rings is 1. The van der Waals surface area contributed by atoms with Crippen LogP contribution in [0.3, 0.4) is 0 Å². The van der Waals surface area contributed by atoms with Gasteiger partial charge in [-0.1, -0.05) is 0 Å². The Kier molecular flexibility index (Phi) is 5.96. The summed E-state index contributed by atoms with van der Waals surface area (Å²) in [5.74, 6) is 0.493. The minimum atomic E-state index is -0.622. The molecule has 7 heteroatoms. The number of benzene rings is 1.